The molecule has 0 spiro atoms. The number of pyridine rings is 1. The van der Waals surface area contributed by atoms with Crippen molar-refractivity contribution in [1.82, 2.24) is 14.8 Å². The molecule has 28 heavy (non-hydrogen) atoms. The second-order valence-electron chi connectivity index (χ2n) is 7.05. The van der Waals surface area contributed by atoms with Gasteiger partial charge in [0.2, 0.25) is 5.91 Å². The summed E-state index contributed by atoms with van der Waals surface area (Å²) in [6.07, 6.45) is 1.61. The van der Waals surface area contributed by atoms with Crippen LogP contribution in [0.1, 0.15) is 5.56 Å². The van der Waals surface area contributed by atoms with E-state index in [2.05, 4.69) is 20.9 Å². The number of carbonyl (C=O) groups excluding carboxylic acids is 1. The smallest absolute Gasteiger partial charge is 0.236 e. The minimum Gasteiger partial charge on any atom is -0.379 e. The second kappa shape index (κ2) is 8.31. The van der Waals surface area contributed by atoms with Gasteiger partial charge in [-0.05, 0) is 18.2 Å². The summed E-state index contributed by atoms with van der Waals surface area (Å²) in [6, 6.07) is 7.77. The van der Waals surface area contributed by atoms with Gasteiger partial charge in [0, 0.05) is 55.9 Å². The van der Waals surface area contributed by atoms with Gasteiger partial charge in [-0.25, -0.2) is 0 Å². The number of fused-ring (bicyclic) bond motifs is 1. The molecule has 3 heterocycles. The van der Waals surface area contributed by atoms with E-state index in [9.17, 15) is 10.1 Å². The average molecular weight is 400 g/mol. The number of anilines is 1. The average Bonchev–Trinajstić information content (AvgIpc) is 2.73. The van der Waals surface area contributed by atoms with Crippen LogP contribution < -0.4 is 4.90 Å². The van der Waals surface area contributed by atoms with Gasteiger partial charge in [0.05, 0.1) is 36.5 Å². The van der Waals surface area contributed by atoms with Crippen molar-refractivity contribution in [1.29, 1.82) is 5.26 Å². The van der Waals surface area contributed by atoms with Gasteiger partial charge in [-0.2, -0.15) is 5.26 Å². The molecule has 1 aromatic carbocycles. The van der Waals surface area contributed by atoms with Crippen molar-refractivity contribution in [3.05, 3.63) is 35.0 Å². The number of ether oxygens (including phenoxy) is 1. The Kier molecular flexibility index (Phi) is 5.62. The zero-order chi connectivity index (χ0) is 19.5. The second-order valence-corrected chi connectivity index (χ2v) is 7.49. The number of morpholine rings is 1. The van der Waals surface area contributed by atoms with E-state index in [1.165, 1.54) is 0 Å². The lowest BCUT2D eigenvalue weighted by Crippen LogP contribution is -2.52. The topological polar surface area (TPSA) is 72.7 Å². The molecule has 2 aliphatic rings. The minimum absolute atomic E-state index is 0.157. The molecule has 0 aliphatic carbocycles. The Bertz CT molecular complexity index is 915. The van der Waals surface area contributed by atoms with Gasteiger partial charge < -0.3 is 14.5 Å². The Morgan fingerprint density at radius 2 is 1.93 bits per heavy atom. The number of nitriles is 1. The molecule has 4 rings (SSSR count). The molecule has 2 saturated heterocycles. The third-order valence-corrected chi connectivity index (χ3v) is 5.57. The first kappa shape index (κ1) is 18.9. The molecule has 8 heteroatoms. The highest BCUT2D eigenvalue weighted by Crippen LogP contribution is 2.32. The monoisotopic (exact) mass is 399 g/mol. The number of hydrogen-bond donors (Lipinski definition) is 0. The Labute approximate surface area is 169 Å². The van der Waals surface area contributed by atoms with Gasteiger partial charge in [0.25, 0.3) is 0 Å². The van der Waals surface area contributed by atoms with Crippen LogP contribution in [-0.2, 0) is 9.53 Å². The number of amides is 1. The van der Waals surface area contributed by atoms with Crippen LogP contribution in [0, 0.1) is 11.3 Å². The number of carbonyl (C=O) groups is 1. The standard InChI is InChI=1S/C20H22ClN5O2/c21-16-1-2-18-17(11-16)20(15(12-22)13-23-18)26-5-3-25(4-6-26)19(27)14-24-7-9-28-10-8-24/h1-2,11,13H,3-10,14H2. The number of hydrogen-bond acceptors (Lipinski definition) is 6. The van der Waals surface area contributed by atoms with Crippen LogP contribution in [0.4, 0.5) is 5.69 Å². The molecule has 0 saturated carbocycles. The molecule has 0 bridgehead atoms. The van der Waals surface area contributed by atoms with Crippen molar-refractivity contribution in [2.45, 2.75) is 0 Å². The zero-order valence-electron chi connectivity index (χ0n) is 15.6. The van der Waals surface area contributed by atoms with Crippen LogP contribution in [0.5, 0.6) is 0 Å². The van der Waals surface area contributed by atoms with Crippen molar-refractivity contribution in [3.8, 4) is 6.07 Å². The first-order valence-corrected chi connectivity index (χ1v) is 9.84. The molecular formula is C20H22ClN5O2. The summed E-state index contributed by atoms with van der Waals surface area (Å²) in [5.41, 5.74) is 2.20. The van der Waals surface area contributed by atoms with E-state index in [0.29, 0.717) is 56.5 Å². The van der Waals surface area contributed by atoms with Gasteiger partial charge in [-0.1, -0.05) is 11.6 Å². The summed E-state index contributed by atoms with van der Waals surface area (Å²) in [5.74, 6) is 0.157. The Balaban J connectivity index is 1.48. The predicted molar refractivity (Wildman–Crippen MR) is 108 cm³/mol. The van der Waals surface area contributed by atoms with E-state index < -0.39 is 0 Å². The van der Waals surface area contributed by atoms with Crippen molar-refractivity contribution < 1.29 is 9.53 Å². The largest absolute Gasteiger partial charge is 0.379 e. The lowest BCUT2D eigenvalue weighted by Gasteiger charge is -2.38. The summed E-state index contributed by atoms with van der Waals surface area (Å²) in [6.45, 7) is 6.06. The Hall–Kier alpha value is -2.40. The fourth-order valence-corrected chi connectivity index (χ4v) is 3.98. The number of halogens is 1. The fraction of sp³-hybridized carbons (Fsp3) is 0.450. The molecule has 146 valence electrons. The van der Waals surface area contributed by atoms with E-state index in [1.54, 1.807) is 12.3 Å². The molecular weight excluding hydrogens is 378 g/mol. The highest BCUT2D eigenvalue weighted by molar-refractivity contribution is 6.31. The Morgan fingerprint density at radius 3 is 2.64 bits per heavy atom. The molecule has 1 aromatic heterocycles. The summed E-state index contributed by atoms with van der Waals surface area (Å²) >= 11 is 6.19. The van der Waals surface area contributed by atoms with Gasteiger partial charge in [0.15, 0.2) is 0 Å². The van der Waals surface area contributed by atoms with E-state index in [1.807, 2.05) is 17.0 Å². The number of benzene rings is 1. The maximum Gasteiger partial charge on any atom is 0.236 e. The molecule has 2 aromatic rings. The SMILES string of the molecule is N#Cc1cnc2ccc(Cl)cc2c1N1CCN(C(=O)CN2CCOCC2)CC1. The normalized spacial score (nSPS) is 18.3. The Morgan fingerprint density at radius 1 is 1.18 bits per heavy atom. The molecule has 0 N–H and O–H groups in total. The zero-order valence-corrected chi connectivity index (χ0v) is 16.4. The fourth-order valence-electron chi connectivity index (χ4n) is 3.80. The lowest BCUT2D eigenvalue weighted by atomic mass is 10.1. The van der Waals surface area contributed by atoms with Crippen molar-refractivity contribution in [2.24, 2.45) is 0 Å². The quantitative estimate of drug-likeness (QED) is 0.782. The van der Waals surface area contributed by atoms with Crippen LogP contribution in [-0.4, -0.2) is 79.7 Å². The van der Waals surface area contributed by atoms with Gasteiger partial charge in [-0.3, -0.25) is 14.7 Å². The maximum atomic E-state index is 12.6. The number of nitrogens with zero attached hydrogens (tertiary/aromatic N) is 5. The third-order valence-electron chi connectivity index (χ3n) is 5.33. The van der Waals surface area contributed by atoms with Gasteiger partial charge in [-0.15, -0.1) is 0 Å². The van der Waals surface area contributed by atoms with E-state index in [-0.39, 0.29) is 5.91 Å². The van der Waals surface area contributed by atoms with E-state index in [4.69, 9.17) is 16.3 Å². The highest BCUT2D eigenvalue weighted by Gasteiger charge is 2.26. The summed E-state index contributed by atoms with van der Waals surface area (Å²) in [5, 5.41) is 11.1. The van der Waals surface area contributed by atoms with Crippen LogP contribution in [0.3, 0.4) is 0 Å². The lowest BCUT2D eigenvalue weighted by molar-refractivity contribution is -0.133. The molecule has 2 fully saturated rings. The summed E-state index contributed by atoms with van der Waals surface area (Å²) < 4.78 is 5.34. The number of piperazine rings is 1. The molecule has 2 aliphatic heterocycles. The van der Waals surface area contributed by atoms with Crippen molar-refractivity contribution in [3.63, 3.8) is 0 Å². The first-order chi connectivity index (χ1) is 13.7. The van der Waals surface area contributed by atoms with Crippen LogP contribution in [0.15, 0.2) is 24.4 Å². The third kappa shape index (κ3) is 3.90. The molecule has 0 radical (unpaired) electrons. The first-order valence-electron chi connectivity index (χ1n) is 9.47. The van der Waals surface area contributed by atoms with E-state index in [0.717, 1.165) is 29.7 Å². The minimum atomic E-state index is 0.157. The number of rotatable bonds is 3. The summed E-state index contributed by atoms with van der Waals surface area (Å²) in [4.78, 5) is 23.2. The van der Waals surface area contributed by atoms with Crippen LogP contribution in [0.2, 0.25) is 5.02 Å². The van der Waals surface area contributed by atoms with Gasteiger partial charge in [0.1, 0.15) is 6.07 Å². The molecule has 0 atom stereocenters. The van der Waals surface area contributed by atoms with Crippen LogP contribution in [0.25, 0.3) is 10.9 Å². The number of aromatic nitrogens is 1. The van der Waals surface area contributed by atoms with Crippen molar-refractivity contribution in [2.75, 3.05) is 63.9 Å². The van der Waals surface area contributed by atoms with Crippen LogP contribution >= 0.6 is 11.6 Å². The predicted octanol–water partition coefficient (Wildman–Crippen LogP) is 1.74. The summed E-state index contributed by atoms with van der Waals surface area (Å²) in [7, 11) is 0. The highest BCUT2D eigenvalue weighted by atomic mass is 35.5. The van der Waals surface area contributed by atoms with Gasteiger partial charge >= 0.3 is 0 Å². The molecule has 7 nitrogen and oxygen atoms in total. The van der Waals surface area contributed by atoms with E-state index >= 15 is 0 Å². The van der Waals surface area contributed by atoms with Crippen molar-refractivity contribution >= 4 is 34.1 Å². The maximum absolute atomic E-state index is 12.6. The molecule has 0 unspecified atom stereocenters. The molecule has 1 amide bonds.